The second kappa shape index (κ2) is 13.1. The maximum absolute atomic E-state index is 12.6. The van der Waals surface area contributed by atoms with Gasteiger partial charge in [0.05, 0.1) is 0 Å². The molecule has 0 atom stereocenters. The van der Waals surface area contributed by atoms with Crippen LogP contribution in [0.15, 0.2) is 35.3 Å². The van der Waals surface area contributed by atoms with Crippen LogP contribution in [0.4, 0.5) is 5.69 Å². The third-order valence-electron chi connectivity index (χ3n) is 6.49. The van der Waals surface area contributed by atoms with Crippen LogP contribution in [0.25, 0.3) is 0 Å². The summed E-state index contributed by atoms with van der Waals surface area (Å²) in [7, 11) is 3.54. The number of aliphatic imine (C=N–C) groups is 1. The van der Waals surface area contributed by atoms with Gasteiger partial charge in [0, 0.05) is 72.1 Å². The average Bonchev–Trinajstić information content (AvgIpc) is 2.77. The molecule has 1 saturated heterocycles. The molecule has 174 valence electrons. The minimum atomic E-state index is 0. The van der Waals surface area contributed by atoms with Gasteiger partial charge in [0.15, 0.2) is 5.96 Å². The van der Waals surface area contributed by atoms with Crippen LogP contribution in [0, 0.1) is 5.41 Å². The van der Waals surface area contributed by atoms with Crippen molar-refractivity contribution in [2.75, 3.05) is 64.9 Å². The highest BCUT2D eigenvalue weighted by molar-refractivity contribution is 14.0. The number of para-hydroxylation sites is 1. The number of ether oxygens (including phenoxy) is 1. The van der Waals surface area contributed by atoms with Gasteiger partial charge in [-0.3, -0.25) is 9.79 Å². The Morgan fingerprint density at radius 1 is 1.13 bits per heavy atom. The number of guanidine groups is 1. The van der Waals surface area contributed by atoms with Crippen LogP contribution in [-0.4, -0.2) is 76.8 Å². The lowest BCUT2D eigenvalue weighted by Crippen LogP contribution is -2.50. The molecule has 2 aliphatic rings. The van der Waals surface area contributed by atoms with E-state index in [1.165, 1.54) is 24.9 Å². The van der Waals surface area contributed by atoms with Crippen LogP contribution in [0.5, 0.6) is 0 Å². The summed E-state index contributed by atoms with van der Waals surface area (Å²) in [5.41, 5.74) is 1.57. The number of methoxy groups -OCH3 is 1. The van der Waals surface area contributed by atoms with Crippen LogP contribution in [0.3, 0.4) is 0 Å². The van der Waals surface area contributed by atoms with Crippen molar-refractivity contribution in [2.24, 2.45) is 10.4 Å². The zero-order valence-electron chi connectivity index (χ0n) is 18.9. The Hall–Kier alpha value is -1.55. The average molecular weight is 543 g/mol. The van der Waals surface area contributed by atoms with Gasteiger partial charge in [0.25, 0.3) is 0 Å². The molecule has 3 rings (SSSR count). The third kappa shape index (κ3) is 7.52. The van der Waals surface area contributed by atoms with Gasteiger partial charge < -0.3 is 25.2 Å². The molecule has 0 aromatic heterocycles. The highest BCUT2D eigenvalue weighted by Crippen LogP contribution is 2.43. The summed E-state index contributed by atoms with van der Waals surface area (Å²) in [6, 6.07) is 10.4. The molecular weight excluding hydrogens is 505 g/mol. The number of nitrogens with one attached hydrogen (secondary N) is 2. The van der Waals surface area contributed by atoms with E-state index in [0.29, 0.717) is 18.4 Å². The molecule has 1 aromatic carbocycles. The molecule has 8 heteroatoms. The highest BCUT2D eigenvalue weighted by Gasteiger charge is 2.36. The fourth-order valence-corrected chi connectivity index (χ4v) is 4.30. The standard InChI is InChI=1S/C23H37N5O2.HI/c1-24-22(26-19-23(10-6-11-23)12-18-30-2)25-13-9-21(29)28-16-14-27(15-17-28)20-7-4-3-5-8-20;/h3-5,7-8H,6,9-19H2,1-2H3,(H2,24,25,26);1H. The van der Waals surface area contributed by atoms with Crippen LogP contribution in [0.2, 0.25) is 0 Å². The van der Waals surface area contributed by atoms with E-state index in [0.717, 1.165) is 51.7 Å². The van der Waals surface area contributed by atoms with Gasteiger partial charge in [-0.1, -0.05) is 24.6 Å². The number of hydrogen-bond donors (Lipinski definition) is 2. The number of carbonyl (C=O) groups excluding carboxylic acids is 1. The molecule has 0 radical (unpaired) electrons. The van der Waals surface area contributed by atoms with Crippen molar-refractivity contribution in [2.45, 2.75) is 32.1 Å². The summed E-state index contributed by atoms with van der Waals surface area (Å²) in [4.78, 5) is 21.2. The predicted molar refractivity (Wildman–Crippen MR) is 137 cm³/mol. The first kappa shape index (κ1) is 25.7. The van der Waals surface area contributed by atoms with Crippen LogP contribution in [-0.2, 0) is 9.53 Å². The normalized spacial score (nSPS) is 18.1. The van der Waals surface area contributed by atoms with E-state index < -0.39 is 0 Å². The summed E-state index contributed by atoms with van der Waals surface area (Å²) in [5.74, 6) is 0.988. The van der Waals surface area contributed by atoms with Crippen molar-refractivity contribution in [3.8, 4) is 0 Å². The number of benzene rings is 1. The molecule has 7 nitrogen and oxygen atoms in total. The van der Waals surface area contributed by atoms with E-state index in [1.807, 2.05) is 11.0 Å². The Balaban J connectivity index is 0.00000341. The van der Waals surface area contributed by atoms with Crippen molar-refractivity contribution >= 4 is 41.5 Å². The number of carbonyl (C=O) groups is 1. The molecule has 2 N–H and O–H groups in total. The predicted octanol–water partition coefficient (Wildman–Crippen LogP) is 2.72. The van der Waals surface area contributed by atoms with Crippen LogP contribution in [0.1, 0.15) is 32.1 Å². The third-order valence-corrected chi connectivity index (χ3v) is 6.49. The zero-order chi connectivity index (χ0) is 21.2. The zero-order valence-corrected chi connectivity index (χ0v) is 21.3. The first-order valence-electron chi connectivity index (χ1n) is 11.2. The van der Waals surface area contributed by atoms with Crippen LogP contribution < -0.4 is 15.5 Å². The van der Waals surface area contributed by atoms with Gasteiger partial charge in [-0.25, -0.2) is 0 Å². The smallest absolute Gasteiger partial charge is 0.224 e. The van der Waals surface area contributed by atoms with Crippen molar-refractivity contribution in [3.05, 3.63) is 30.3 Å². The number of nitrogens with zero attached hydrogens (tertiary/aromatic N) is 3. The second-order valence-electron chi connectivity index (χ2n) is 8.40. The first-order chi connectivity index (χ1) is 14.7. The fraction of sp³-hybridized carbons (Fsp3) is 0.652. The number of halogens is 1. The second-order valence-corrected chi connectivity index (χ2v) is 8.40. The molecular formula is C23H38IN5O2. The summed E-state index contributed by atoms with van der Waals surface area (Å²) < 4.78 is 5.27. The van der Waals surface area contributed by atoms with Gasteiger partial charge in [-0.05, 0) is 36.8 Å². The lowest BCUT2D eigenvalue weighted by atomic mass is 9.67. The van der Waals surface area contributed by atoms with E-state index in [4.69, 9.17) is 4.74 Å². The Labute approximate surface area is 204 Å². The van der Waals surface area contributed by atoms with Crippen molar-refractivity contribution in [1.82, 2.24) is 15.5 Å². The molecule has 1 aromatic rings. The van der Waals surface area contributed by atoms with Gasteiger partial charge in [0.2, 0.25) is 5.91 Å². The molecule has 1 aliphatic carbocycles. The SMILES string of the molecule is CN=C(NCCC(=O)N1CCN(c2ccccc2)CC1)NCC1(CCOC)CCC1.I. The van der Waals surface area contributed by atoms with Crippen LogP contribution >= 0.6 is 24.0 Å². The minimum absolute atomic E-state index is 0. The summed E-state index contributed by atoms with van der Waals surface area (Å²) in [6.07, 6.45) is 5.35. The Bertz CT molecular complexity index is 688. The topological polar surface area (TPSA) is 69.2 Å². The monoisotopic (exact) mass is 543 g/mol. The largest absolute Gasteiger partial charge is 0.385 e. The number of anilines is 1. The first-order valence-corrected chi connectivity index (χ1v) is 11.2. The molecule has 0 bridgehead atoms. The van der Waals surface area contributed by atoms with E-state index in [-0.39, 0.29) is 29.9 Å². The Morgan fingerprint density at radius 3 is 2.42 bits per heavy atom. The van der Waals surface area contributed by atoms with E-state index >= 15 is 0 Å². The summed E-state index contributed by atoms with van der Waals surface area (Å²) >= 11 is 0. The lowest BCUT2D eigenvalue weighted by Gasteiger charge is -2.42. The number of amides is 1. The van der Waals surface area contributed by atoms with Crippen molar-refractivity contribution in [1.29, 1.82) is 0 Å². The molecule has 1 saturated carbocycles. The van der Waals surface area contributed by atoms with Gasteiger partial charge >= 0.3 is 0 Å². The maximum Gasteiger partial charge on any atom is 0.224 e. The van der Waals surface area contributed by atoms with Crippen molar-refractivity contribution in [3.63, 3.8) is 0 Å². The highest BCUT2D eigenvalue weighted by atomic mass is 127. The molecule has 0 unspecified atom stereocenters. The number of hydrogen-bond acceptors (Lipinski definition) is 4. The summed E-state index contributed by atoms with van der Waals surface area (Å²) in [5, 5.41) is 6.75. The van der Waals surface area contributed by atoms with Crippen molar-refractivity contribution < 1.29 is 9.53 Å². The fourth-order valence-electron chi connectivity index (χ4n) is 4.30. The lowest BCUT2D eigenvalue weighted by molar-refractivity contribution is -0.131. The maximum atomic E-state index is 12.6. The van der Waals surface area contributed by atoms with E-state index in [1.54, 1.807) is 14.2 Å². The molecule has 0 spiro atoms. The quantitative estimate of drug-likeness (QED) is 0.285. The van der Waals surface area contributed by atoms with Gasteiger partial charge in [0.1, 0.15) is 0 Å². The number of rotatable bonds is 9. The molecule has 1 amide bonds. The minimum Gasteiger partial charge on any atom is -0.385 e. The molecule has 1 heterocycles. The molecule has 1 aliphatic heterocycles. The molecule has 31 heavy (non-hydrogen) atoms. The molecule has 2 fully saturated rings. The Morgan fingerprint density at radius 2 is 1.84 bits per heavy atom. The summed E-state index contributed by atoms with van der Waals surface area (Å²) in [6.45, 7) is 5.64. The van der Waals surface area contributed by atoms with E-state index in [2.05, 4.69) is 44.8 Å². The number of piperazine rings is 1. The Kier molecular flexibility index (Phi) is 10.9. The van der Waals surface area contributed by atoms with Gasteiger partial charge in [-0.15, -0.1) is 24.0 Å². The van der Waals surface area contributed by atoms with Gasteiger partial charge in [-0.2, -0.15) is 0 Å². The van der Waals surface area contributed by atoms with E-state index in [9.17, 15) is 4.79 Å².